The van der Waals surface area contributed by atoms with Gasteiger partial charge in [0.05, 0.1) is 27.2 Å². The van der Waals surface area contributed by atoms with Gasteiger partial charge >= 0.3 is 19.6 Å². The average Bonchev–Trinajstić information content (AvgIpc) is 3.48. The molecule has 1 saturated heterocycles. The Morgan fingerprint density at radius 3 is 2.25 bits per heavy atom. The molecule has 2 aromatic rings. The molecule has 0 spiro atoms. The fourth-order valence-electron chi connectivity index (χ4n) is 4.76. The molecule has 3 rings (SSSR count). The molecule has 1 aliphatic rings. The third kappa shape index (κ3) is 7.63. The van der Waals surface area contributed by atoms with Crippen molar-refractivity contribution in [1.82, 2.24) is 29.7 Å². The molecule has 0 radical (unpaired) electrons. The molecule has 0 bridgehead atoms. The molecule has 44 heavy (non-hydrogen) atoms. The first-order valence-corrected chi connectivity index (χ1v) is 15.4. The number of alkyl halides is 1. The smallest absolute Gasteiger partial charge is 0.342 e. The van der Waals surface area contributed by atoms with E-state index in [2.05, 4.69) is 25.1 Å². The van der Waals surface area contributed by atoms with Gasteiger partial charge in [0.1, 0.15) is 24.3 Å². The molecule has 6 N–H and O–H groups in total. The summed E-state index contributed by atoms with van der Waals surface area (Å²) in [6.07, 6.45) is 1.54. The van der Waals surface area contributed by atoms with Gasteiger partial charge in [-0.1, -0.05) is 33.6 Å². The number of nitrogens with zero attached hydrogens (tertiary/aromatic N) is 3. The lowest BCUT2D eigenvalue weighted by atomic mass is 9.97. The maximum Gasteiger partial charge on any atom is 0.342 e. The summed E-state index contributed by atoms with van der Waals surface area (Å²) in [5, 5.41) is 16.2. The molecule has 1 aliphatic heterocycles. The number of halogens is 1. The number of aromatic nitrogens is 4. The molecule has 16 nitrogen and oxygen atoms in total. The van der Waals surface area contributed by atoms with Crippen LogP contribution in [0.2, 0.25) is 0 Å². The summed E-state index contributed by atoms with van der Waals surface area (Å²) in [5.41, 5.74) is 1.69. The van der Waals surface area contributed by atoms with Gasteiger partial charge in [0.2, 0.25) is 11.6 Å². The molecule has 0 amide bonds. The van der Waals surface area contributed by atoms with E-state index < -0.39 is 68.0 Å². The number of carbonyl (C=O) groups excluding carboxylic acids is 2. The first kappa shape index (κ1) is 35.1. The van der Waals surface area contributed by atoms with Crippen LogP contribution >= 0.6 is 7.67 Å². The number of carbonyl (C=O) groups is 2. The van der Waals surface area contributed by atoms with E-state index in [1.165, 1.54) is 0 Å². The highest BCUT2D eigenvalue weighted by Crippen LogP contribution is 2.46. The van der Waals surface area contributed by atoms with Gasteiger partial charge in [0.15, 0.2) is 17.4 Å². The predicted octanol–water partition coefficient (Wildman–Crippen LogP) is 0.781. The Morgan fingerprint density at radius 1 is 1.23 bits per heavy atom. The Bertz CT molecular complexity index is 1460. The number of ether oxygens (including phenoxy) is 3. The van der Waals surface area contributed by atoms with Crippen LogP contribution in [0.25, 0.3) is 11.2 Å². The number of hydrogen-bond donors (Lipinski definition) is 5. The average molecular weight is 644 g/mol. The maximum absolute atomic E-state index is 16.2. The highest BCUT2D eigenvalue weighted by molar-refractivity contribution is 7.54. The van der Waals surface area contributed by atoms with Crippen molar-refractivity contribution in [2.75, 3.05) is 26.6 Å². The third-order valence-corrected chi connectivity index (χ3v) is 8.64. The Kier molecular flexibility index (Phi) is 11.3. The number of H-pyrrole nitrogens is 1. The molecule has 3 heterocycles. The Labute approximate surface area is 253 Å². The van der Waals surface area contributed by atoms with Gasteiger partial charge in [-0.15, -0.1) is 6.42 Å². The van der Waals surface area contributed by atoms with Crippen molar-refractivity contribution in [3.8, 4) is 12.3 Å². The number of anilines is 1. The van der Waals surface area contributed by atoms with Crippen LogP contribution in [0.15, 0.2) is 11.1 Å². The third-order valence-electron chi connectivity index (χ3n) is 6.83. The van der Waals surface area contributed by atoms with Crippen molar-refractivity contribution < 1.29 is 42.4 Å². The number of aromatic amines is 1. The Balaban J connectivity index is 1.96. The van der Waals surface area contributed by atoms with Gasteiger partial charge < -0.3 is 29.6 Å². The van der Waals surface area contributed by atoms with Gasteiger partial charge in [-0.2, -0.15) is 4.98 Å². The number of methoxy groups -OCH3 is 2. The summed E-state index contributed by atoms with van der Waals surface area (Å²) in [7, 11) is -2.08. The maximum atomic E-state index is 16.2. The topological polar surface area (TPSA) is 222 Å². The van der Waals surface area contributed by atoms with Crippen LogP contribution in [0.3, 0.4) is 0 Å². The summed E-state index contributed by atoms with van der Waals surface area (Å²) < 4.78 is 52.7. The summed E-state index contributed by atoms with van der Waals surface area (Å²) in [5.74, 6) is -0.00680. The molecule has 18 heteroatoms. The zero-order valence-corrected chi connectivity index (χ0v) is 26.2. The molecule has 244 valence electrons. The number of imidazole rings is 1. The van der Waals surface area contributed by atoms with Crippen LogP contribution in [0.5, 0.6) is 0 Å². The monoisotopic (exact) mass is 643 g/mol. The zero-order valence-electron chi connectivity index (χ0n) is 25.3. The molecule has 0 aliphatic carbocycles. The van der Waals surface area contributed by atoms with Crippen molar-refractivity contribution >= 4 is 36.7 Å². The fraction of sp³-hybridized carbons (Fsp3) is 0.654. The summed E-state index contributed by atoms with van der Waals surface area (Å²) in [6.45, 7) is 6.56. The van der Waals surface area contributed by atoms with Crippen molar-refractivity contribution in [3.05, 3.63) is 16.7 Å². The summed E-state index contributed by atoms with van der Waals surface area (Å²) in [6, 6.07) is -2.29. The van der Waals surface area contributed by atoms with E-state index in [1.54, 1.807) is 0 Å². The highest BCUT2D eigenvalue weighted by atomic mass is 31.2. The largest absolute Gasteiger partial charge is 0.468 e. The minimum absolute atomic E-state index is 0.0597. The normalized spacial score (nSPS) is 24.6. The SMILES string of the molecule is C#C[C@]1(F)C(O)[C@@H](COP(=O)(NC(CC(C)C)C(=O)OC)NC(CC(C)C)C(=O)OC)OC1n1cnc2c(=O)[nH]c(N)nc21. The number of aliphatic hydroxyl groups is 1. The number of nitrogens with one attached hydrogen (secondary N) is 3. The quantitative estimate of drug-likeness (QED) is 0.109. The van der Waals surface area contributed by atoms with E-state index in [4.69, 9.17) is 30.9 Å². The number of terminal acetylenes is 1. The van der Waals surface area contributed by atoms with Gasteiger partial charge in [-0.25, -0.2) is 19.5 Å². The van der Waals surface area contributed by atoms with Gasteiger partial charge in [0, 0.05) is 0 Å². The van der Waals surface area contributed by atoms with E-state index in [0.717, 1.165) is 25.1 Å². The Morgan fingerprint density at radius 2 is 1.77 bits per heavy atom. The van der Waals surface area contributed by atoms with Crippen LogP contribution in [-0.2, 0) is 32.9 Å². The number of nitrogen functional groups attached to an aromatic ring is 1. The minimum Gasteiger partial charge on any atom is -0.468 e. The van der Waals surface area contributed by atoms with Crippen molar-refractivity contribution in [2.24, 2.45) is 11.8 Å². The standard InChI is InChI=1S/C26H39FN7O9P/c1-8-26(27)19(35)17(43-24(26)34-12-29-18-20(34)30-25(28)31-21(18)36)11-42-44(39,32-15(9-13(2)3)22(37)40-6)33-16(10-14(4)5)23(38)41-7/h1,12-17,19,24,35H,9-11H2,2-7H3,(H2,32,33,39)(H3,28,30,31,36)/t15?,16?,17-,19?,24?,26+,44?/m1/s1. The lowest BCUT2D eigenvalue weighted by Crippen LogP contribution is -2.46. The molecule has 4 unspecified atom stereocenters. The van der Waals surface area contributed by atoms with E-state index in [1.807, 2.05) is 33.6 Å². The molecule has 2 aromatic heterocycles. The lowest BCUT2D eigenvalue weighted by Gasteiger charge is -2.30. The molecular formula is C26H39FN7O9P. The second kappa shape index (κ2) is 14.1. The van der Waals surface area contributed by atoms with Crippen LogP contribution in [0.4, 0.5) is 10.3 Å². The van der Waals surface area contributed by atoms with E-state index >= 15 is 4.39 Å². The van der Waals surface area contributed by atoms with Crippen LogP contribution < -0.4 is 21.5 Å². The lowest BCUT2D eigenvalue weighted by molar-refractivity contribution is -0.143. The summed E-state index contributed by atoms with van der Waals surface area (Å²) >= 11 is 0. The molecule has 0 saturated carbocycles. The summed E-state index contributed by atoms with van der Waals surface area (Å²) in [4.78, 5) is 47.6. The number of esters is 2. The van der Waals surface area contributed by atoms with E-state index in [9.17, 15) is 24.1 Å². The van der Waals surface area contributed by atoms with Crippen molar-refractivity contribution in [2.45, 2.75) is 76.7 Å². The number of rotatable bonds is 14. The second-order valence-corrected chi connectivity index (χ2v) is 13.1. The first-order valence-electron chi connectivity index (χ1n) is 13.8. The predicted molar refractivity (Wildman–Crippen MR) is 155 cm³/mol. The second-order valence-electron chi connectivity index (χ2n) is 11.2. The van der Waals surface area contributed by atoms with Crippen LogP contribution in [-0.4, -0.2) is 87.4 Å². The van der Waals surface area contributed by atoms with Gasteiger partial charge in [-0.05, 0) is 24.7 Å². The number of nitrogens with two attached hydrogens (primary N) is 1. The molecule has 6 atom stereocenters. The number of fused-ring (bicyclic) bond motifs is 1. The van der Waals surface area contributed by atoms with Crippen LogP contribution in [0.1, 0.15) is 46.8 Å². The van der Waals surface area contributed by atoms with Gasteiger partial charge in [-0.3, -0.25) is 28.5 Å². The molecule has 0 aromatic carbocycles. The van der Waals surface area contributed by atoms with Crippen LogP contribution in [0, 0.1) is 24.2 Å². The molecular weight excluding hydrogens is 604 g/mol. The van der Waals surface area contributed by atoms with Crippen molar-refractivity contribution in [3.63, 3.8) is 0 Å². The van der Waals surface area contributed by atoms with E-state index in [-0.39, 0.29) is 41.8 Å². The molecule has 1 fully saturated rings. The highest BCUT2D eigenvalue weighted by Gasteiger charge is 2.58. The van der Waals surface area contributed by atoms with Gasteiger partial charge in [0.25, 0.3) is 5.56 Å². The van der Waals surface area contributed by atoms with Crippen molar-refractivity contribution in [1.29, 1.82) is 0 Å². The zero-order chi connectivity index (χ0) is 33.0. The first-order chi connectivity index (χ1) is 20.6. The number of aliphatic hydroxyl groups excluding tert-OH is 1. The number of hydrogen-bond acceptors (Lipinski definition) is 12. The van der Waals surface area contributed by atoms with E-state index in [0.29, 0.717) is 0 Å². The minimum atomic E-state index is -4.40. The fourth-order valence-corrected chi connectivity index (χ4v) is 6.58. The Hall–Kier alpha value is -3.39.